The van der Waals surface area contributed by atoms with E-state index in [1.807, 2.05) is 0 Å². The molecule has 0 saturated carbocycles. The molecule has 2 heterocycles. The molecule has 1 N–H and O–H groups in total. The van der Waals surface area contributed by atoms with Crippen LogP contribution in [0, 0.1) is 0 Å². The molecule has 0 aliphatic heterocycles. The zero-order chi connectivity index (χ0) is 13.3. The molecule has 0 amide bonds. The third kappa shape index (κ3) is 2.97. The maximum absolute atomic E-state index is 12.0. The minimum absolute atomic E-state index is 0.185. The first-order chi connectivity index (χ1) is 8.38. The second kappa shape index (κ2) is 5.08. The summed E-state index contributed by atoms with van der Waals surface area (Å²) in [5.74, 6) is -0.199. The van der Waals surface area contributed by atoms with Crippen molar-refractivity contribution in [1.82, 2.24) is 4.98 Å². The molecule has 0 radical (unpaired) electrons. The number of aromatic nitrogens is 1. The molecular formula is C9H7BrN2O3S3. The lowest BCUT2D eigenvalue weighted by Gasteiger charge is -2.01. The van der Waals surface area contributed by atoms with E-state index in [9.17, 15) is 13.2 Å². The standard InChI is InChI=1S/C9H7BrN2O3S3/c1-5(13)6-4-16-9(11-6)12-18(14,15)8-3-2-7(10)17-8/h2-4H,1H3,(H,11,12). The van der Waals surface area contributed by atoms with Crippen molar-refractivity contribution in [1.29, 1.82) is 0 Å². The fourth-order valence-corrected chi connectivity index (χ4v) is 5.10. The Hall–Kier alpha value is -0.770. The van der Waals surface area contributed by atoms with E-state index in [1.165, 1.54) is 18.4 Å². The summed E-state index contributed by atoms with van der Waals surface area (Å²) in [6.07, 6.45) is 0. The van der Waals surface area contributed by atoms with Crippen molar-refractivity contribution in [3.8, 4) is 0 Å². The number of sulfonamides is 1. The molecule has 18 heavy (non-hydrogen) atoms. The van der Waals surface area contributed by atoms with Gasteiger partial charge in [0.05, 0.1) is 3.79 Å². The second-order valence-corrected chi connectivity index (χ2v) is 8.49. The number of Topliss-reactive ketones (excluding diaryl/α,β-unsaturated/α-hetero) is 1. The quantitative estimate of drug-likeness (QED) is 0.843. The summed E-state index contributed by atoms with van der Waals surface area (Å²) in [5.41, 5.74) is 0.255. The van der Waals surface area contributed by atoms with E-state index in [-0.39, 0.29) is 20.8 Å². The first-order valence-corrected chi connectivity index (χ1v) is 8.60. The first-order valence-electron chi connectivity index (χ1n) is 4.63. The second-order valence-electron chi connectivity index (χ2n) is 3.26. The number of thiazole rings is 1. The largest absolute Gasteiger partial charge is 0.293 e. The van der Waals surface area contributed by atoms with Gasteiger partial charge in [-0.1, -0.05) is 0 Å². The van der Waals surface area contributed by atoms with Crippen LogP contribution in [-0.4, -0.2) is 19.2 Å². The number of anilines is 1. The van der Waals surface area contributed by atoms with Crippen molar-refractivity contribution in [2.24, 2.45) is 0 Å². The van der Waals surface area contributed by atoms with E-state index in [0.717, 1.165) is 26.5 Å². The Labute approximate surface area is 120 Å². The van der Waals surface area contributed by atoms with Gasteiger partial charge < -0.3 is 0 Å². The SMILES string of the molecule is CC(=O)c1csc(NS(=O)(=O)c2ccc(Br)s2)n1. The third-order valence-corrected chi connectivity index (χ3v) is 6.24. The minimum atomic E-state index is -3.63. The highest BCUT2D eigenvalue weighted by Crippen LogP contribution is 2.28. The predicted molar refractivity (Wildman–Crippen MR) is 74.9 cm³/mol. The molecule has 2 aromatic rings. The van der Waals surface area contributed by atoms with Gasteiger partial charge in [-0.15, -0.1) is 22.7 Å². The topological polar surface area (TPSA) is 76.1 Å². The Bertz CT molecular complexity index is 689. The van der Waals surface area contributed by atoms with E-state index in [1.54, 1.807) is 6.07 Å². The van der Waals surface area contributed by atoms with Gasteiger partial charge in [0.1, 0.15) is 9.90 Å². The van der Waals surface area contributed by atoms with E-state index in [2.05, 4.69) is 25.6 Å². The fraction of sp³-hybridized carbons (Fsp3) is 0.111. The number of hydrogen-bond acceptors (Lipinski definition) is 6. The van der Waals surface area contributed by atoms with Crippen LogP contribution in [0.5, 0.6) is 0 Å². The number of rotatable bonds is 4. The highest BCUT2D eigenvalue weighted by atomic mass is 79.9. The molecule has 0 bridgehead atoms. The molecule has 0 unspecified atom stereocenters. The highest BCUT2D eigenvalue weighted by Gasteiger charge is 2.18. The number of ketones is 1. The van der Waals surface area contributed by atoms with Crippen LogP contribution in [0.15, 0.2) is 25.5 Å². The summed E-state index contributed by atoms with van der Waals surface area (Å²) in [4.78, 5) is 15.0. The zero-order valence-corrected chi connectivity index (χ0v) is 13.0. The molecular weight excluding hydrogens is 360 g/mol. The van der Waals surface area contributed by atoms with Gasteiger partial charge in [0.2, 0.25) is 0 Å². The van der Waals surface area contributed by atoms with Crippen LogP contribution < -0.4 is 4.72 Å². The summed E-state index contributed by atoms with van der Waals surface area (Å²) < 4.78 is 27.2. The zero-order valence-electron chi connectivity index (χ0n) is 9.01. The van der Waals surface area contributed by atoms with Crippen molar-refractivity contribution < 1.29 is 13.2 Å². The van der Waals surface area contributed by atoms with Crippen molar-refractivity contribution >= 4 is 59.5 Å². The normalized spacial score (nSPS) is 11.4. The number of carbonyl (C=O) groups excluding carboxylic acids is 1. The summed E-state index contributed by atoms with van der Waals surface area (Å²) >= 11 is 5.38. The lowest BCUT2D eigenvalue weighted by molar-refractivity contribution is 0.101. The summed E-state index contributed by atoms with van der Waals surface area (Å²) in [7, 11) is -3.63. The molecule has 0 aliphatic carbocycles. The van der Waals surface area contributed by atoms with Gasteiger partial charge in [0.15, 0.2) is 10.9 Å². The van der Waals surface area contributed by atoms with Crippen LogP contribution >= 0.6 is 38.6 Å². The fourth-order valence-electron chi connectivity index (χ4n) is 1.09. The number of halogens is 1. The number of hydrogen-bond donors (Lipinski definition) is 1. The molecule has 0 aliphatic rings. The van der Waals surface area contributed by atoms with E-state index in [0.29, 0.717) is 0 Å². The molecule has 0 saturated heterocycles. The van der Waals surface area contributed by atoms with Crippen LogP contribution in [-0.2, 0) is 10.0 Å². The van der Waals surface area contributed by atoms with E-state index < -0.39 is 10.0 Å². The maximum Gasteiger partial charge on any atom is 0.273 e. The Morgan fingerprint density at radius 2 is 2.17 bits per heavy atom. The van der Waals surface area contributed by atoms with Gasteiger partial charge in [-0.25, -0.2) is 13.4 Å². The molecule has 0 atom stereocenters. The lowest BCUT2D eigenvalue weighted by Crippen LogP contribution is -2.11. The third-order valence-electron chi connectivity index (χ3n) is 1.90. The van der Waals surface area contributed by atoms with Crippen molar-refractivity contribution in [2.45, 2.75) is 11.1 Å². The van der Waals surface area contributed by atoms with Gasteiger partial charge in [-0.05, 0) is 28.1 Å². The van der Waals surface area contributed by atoms with Crippen LogP contribution in [0.25, 0.3) is 0 Å². The summed E-state index contributed by atoms with van der Waals surface area (Å²) in [6.45, 7) is 1.38. The van der Waals surface area contributed by atoms with Crippen LogP contribution in [0.1, 0.15) is 17.4 Å². The number of thiophene rings is 1. The molecule has 0 spiro atoms. The number of nitrogens with one attached hydrogen (secondary N) is 1. The van der Waals surface area contributed by atoms with Crippen LogP contribution in [0.3, 0.4) is 0 Å². The number of nitrogens with zero attached hydrogens (tertiary/aromatic N) is 1. The van der Waals surface area contributed by atoms with Gasteiger partial charge in [-0.3, -0.25) is 9.52 Å². The Morgan fingerprint density at radius 1 is 1.44 bits per heavy atom. The van der Waals surface area contributed by atoms with Gasteiger partial charge in [0, 0.05) is 12.3 Å². The highest BCUT2D eigenvalue weighted by molar-refractivity contribution is 9.11. The van der Waals surface area contributed by atoms with Gasteiger partial charge in [0.25, 0.3) is 10.0 Å². The molecule has 0 aromatic carbocycles. The molecule has 2 aromatic heterocycles. The Morgan fingerprint density at radius 3 is 2.67 bits per heavy atom. The summed E-state index contributed by atoms with van der Waals surface area (Å²) in [5, 5.41) is 1.70. The van der Waals surface area contributed by atoms with Crippen molar-refractivity contribution in [2.75, 3.05) is 4.72 Å². The van der Waals surface area contributed by atoms with Crippen LogP contribution in [0.2, 0.25) is 0 Å². The molecule has 5 nitrogen and oxygen atoms in total. The molecule has 9 heteroatoms. The minimum Gasteiger partial charge on any atom is -0.293 e. The van der Waals surface area contributed by atoms with Crippen molar-refractivity contribution in [3.05, 3.63) is 27.0 Å². The maximum atomic E-state index is 12.0. The Kier molecular flexibility index (Phi) is 3.85. The van der Waals surface area contributed by atoms with Crippen molar-refractivity contribution in [3.63, 3.8) is 0 Å². The number of carbonyl (C=O) groups is 1. The van der Waals surface area contributed by atoms with Crippen LogP contribution in [0.4, 0.5) is 5.13 Å². The first kappa shape index (κ1) is 13.7. The van der Waals surface area contributed by atoms with Gasteiger partial charge in [-0.2, -0.15) is 0 Å². The molecule has 2 rings (SSSR count). The smallest absolute Gasteiger partial charge is 0.273 e. The average Bonchev–Trinajstić information content (AvgIpc) is 2.86. The van der Waals surface area contributed by atoms with E-state index in [4.69, 9.17) is 0 Å². The van der Waals surface area contributed by atoms with E-state index >= 15 is 0 Å². The molecule has 96 valence electrons. The van der Waals surface area contributed by atoms with Gasteiger partial charge >= 0.3 is 0 Å². The monoisotopic (exact) mass is 366 g/mol. The average molecular weight is 367 g/mol. The molecule has 0 fully saturated rings. The summed E-state index contributed by atoms with van der Waals surface area (Å²) in [6, 6.07) is 3.15. The predicted octanol–water partition coefficient (Wildman–Crippen LogP) is 2.97. The Balaban J connectivity index is 2.25. The lowest BCUT2D eigenvalue weighted by atomic mass is 10.4.